The number of ether oxygens (including phenoxy) is 1. The van der Waals surface area contributed by atoms with Crippen molar-refractivity contribution in [3.8, 4) is 0 Å². The number of esters is 1. The van der Waals surface area contributed by atoms with Crippen molar-refractivity contribution in [3.63, 3.8) is 0 Å². The molecule has 0 aromatic heterocycles. The van der Waals surface area contributed by atoms with Gasteiger partial charge in [0.05, 0.1) is 11.6 Å². The van der Waals surface area contributed by atoms with Gasteiger partial charge in [0.25, 0.3) is 0 Å². The van der Waals surface area contributed by atoms with E-state index < -0.39 is 0 Å². The molecule has 0 fully saturated rings. The maximum absolute atomic E-state index is 11.2. The zero-order valence-electron chi connectivity index (χ0n) is 9.37. The van der Waals surface area contributed by atoms with E-state index in [1.54, 1.807) is 0 Å². The molecular weight excluding hydrogens is 182 g/mol. The highest BCUT2D eigenvalue weighted by Crippen LogP contribution is 2.02. The first kappa shape index (κ1) is 12.9. The van der Waals surface area contributed by atoms with E-state index in [0.717, 1.165) is 12.1 Å². The van der Waals surface area contributed by atoms with Gasteiger partial charge in [0, 0.05) is 0 Å². The smallest absolute Gasteiger partial charge is 0.308 e. The Labute approximate surface area is 85.3 Å². The van der Waals surface area contributed by atoms with E-state index >= 15 is 0 Å². The molecule has 0 heterocycles. The molecule has 1 unspecified atom stereocenters. The van der Waals surface area contributed by atoms with Crippen molar-refractivity contribution in [1.82, 2.24) is 0 Å². The van der Waals surface area contributed by atoms with Crippen LogP contribution in [0.4, 0.5) is 0 Å². The van der Waals surface area contributed by atoms with Gasteiger partial charge in [-0.3, -0.25) is 4.79 Å². The first-order valence-corrected chi connectivity index (χ1v) is 4.87. The average molecular weight is 201 g/mol. The van der Waals surface area contributed by atoms with Crippen molar-refractivity contribution in [2.75, 3.05) is 13.2 Å². The molecule has 0 aliphatic heterocycles. The van der Waals surface area contributed by atoms with Crippen LogP contribution in [0.5, 0.6) is 0 Å². The fourth-order valence-electron chi connectivity index (χ4n) is 0.663. The minimum Gasteiger partial charge on any atom is -0.462 e. The Bertz CT molecular complexity index is 198. The minimum absolute atomic E-state index is 0.0357. The van der Waals surface area contributed by atoms with Crippen molar-refractivity contribution in [2.24, 2.45) is 11.1 Å². The largest absolute Gasteiger partial charge is 0.462 e. The number of rotatable bonds is 6. The van der Waals surface area contributed by atoms with E-state index in [4.69, 9.17) is 9.57 Å². The van der Waals surface area contributed by atoms with E-state index in [-0.39, 0.29) is 18.5 Å². The summed E-state index contributed by atoms with van der Waals surface area (Å²) in [6, 6.07) is 0. The number of nitrogens with zero attached hydrogens (tertiary/aromatic N) is 1. The van der Waals surface area contributed by atoms with Gasteiger partial charge in [-0.15, -0.1) is 0 Å². The zero-order valence-corrected chi connectivity index (χ0v) is 9.37. The van der Waals surface area contributed by atoms with Crippen LogP contribution in [-0.4, -0.2) is 24.9 Å². The molecule has 0 aliphatic carbocycles. The third-order valence-corrected chi connectivity index (χ3v) is 1.68. The summed E-state index contributed by atoms with van der Waals surface area (Å²) >= 11 is 0. The number of hydrogen-bond acceptors (Lipinski definition) is 4. The molecule has 0 N–H and O–H groups in total. The van der Waals surface area contributed by atoms with E-state index in [2.05, 4.69) is 5.16 Å². The Morgan fingerprint density at radius 2 is 2.00 bits per heavy atom. The first-order valence-electron chi connectivity index (χ1n) is 4.87. The number of carbonyl (C=O) groups excluding carboxylic acids is 1. The predicted molar refractivity (Wildman–Crippen MR) is 55.1 cm³/mol. The van der Waals surface area contributed by atoms with E-state index in [1.807, 2.05) is 27.7 Å². The lowest BCUT2D eigenvalue weighted by molar-refractivity contribution is -0.149. The number of carbonyl (C=O) groups is 1. The summed E-state index contributed by atoms with van der Waals surface area (Å²) in [5.74, 6) is -0.209. The lowest BCUT2D eigenvalue weighted by atomic mass is 10.1. The number of hydrogen-bond donors (Lipinski definition) is 0. The van der Waals surface area contributed by atoms with Crippen LogP contribution < -0.4 is 0 Å². The first-order chi connectivity index (χ1) is 6.57. The molecule has 0 radical (unpaired) electrons. The van der Waals surface area contributed by atoms with Gasteiger partial charge in [0.1, 0.15) is 6.61 Å². The maximum atomic E-state index is 11.2. The molecular formula is C10H19NO3. The van der Waals surface area contributed by atoms with Gasteiger partial charge >= 0.3 is 5.97 Å². The summed E-state index contributed by atoms with van der Waals surface area (Å²) in [4.78, 5) is 16.0. The van der Waals surface area contributed by atoms with Crippen LogP contribution in [0.2, 0.25) is 0 Å². The second kappa shape index (κ2) is 7.35. The monoisotopic (exact) mass is 201 g/mol. The normalized spacial score (nSPS) is 11.7. The Kier molecular flexibility index (Phi) is 6.80. The van der Waals surface area contributed by atoms with E-state index in [1.165, 1.54) is 0 Å². The van der Waals surface area contributed by atoms with Gasteiger partial charge in [-0.1, -0.05) is 19.0 Å². The van der Waals surface area contributed by atoms with Gasteiger partial charge in [-0.05, 0) is 20.3 Å². The molecule has 0 aromatic carbocycles. The highest BCUT2D eigenvalue weighted by molar-refractivity contribution is 5.78. The van der Waals surface area contributed by atoms with Crippen molar-refractivity contribution < 1.29 is 14.4 Å². The lowest BCUT2D eigenvalue weighted by Crippen LogP contribution is -2.16. The molecule has 0 saturated heterocycles. The molecule has 82 valence electrons. The van der Waals surface area contributed by atoms with Gasteiger partial charge in [-0.25, -0.2) is 0 Å². The van der Waals surface area contributed by atoms with Crippen LogP contribution in [-0.2, 0) is 14.4 Å². The van der Waals surface area contributed by atoms with Crippen LogP contribution in [0, 0.1) is 5.92 Å². The summed E-state index contributed by atoms with van der Waals surface area (Å²) < 4.78 is 4.94. The molecule has 0 bridgehead atoms. The Morgan fingerprint density at radius 1 is 1.36 bits per heavy atom. The second-order valence-electron chi connectivity index (χ2n) is 3.35. The van der Waals surface area contributed by atoms with Crippen molar-refractivity contribution in [3.05, 3.63) is 0 Å². The molecule has 4 heteroatoms. The molecule has 0 aromatic rings. The van der Waals surface area contributed by atoms with Crippen molar-refractivity contribution in [1.29, 1.82) is 0 Å². The summed E-state index contributed by atoms with van der Waals surface area (Å²) in [7, 11) is 0. The lowest BCUT2D eigenvalue weighted by Gasteiger charge is -2.08. The Balaban J connectivity index is 3.45. The number of oxime groups is 1. The third kappa shape index (κ3) is 6.46. The standard InChI is InChI=1S/C10H19NO3/c1-5-9(4)10(12)13-6-7-14-11-8(2)3/h9H,5-7H2,1-4H3. The van der Waals surface area contributed by atoms with Crippen LogP contribution in [0.3, 0.4) is 0 Å². The Morgan fingerprint density at radius 3 is 2.50 bits per heavy atom. The van der Waals surface area contributed by atoms with Gasteiger partial charge in [-0.2, -0.15) is 0 Å². The molecule has 14 heavy (non-hydrogen) atoms. The third-order valence-electron chi connectivity index (χ3n) is 1.68. The molecule has 1 atom stereocenters. The summed E-state index contributed by atoms with van der Waals surface area (Å²) in [5.41, 5.74) is 0.846. The van der Waals surface area contributed by atoms with Crippen LogP contribution >= 0.6 is 0 Å². The average Bonchev–Trinajstić information content (AvgIpc) is 2.15. The SMILES string of the molecule is CCC(C)C(=O)OCCON=C(C)C. The zero-order chi connectivity index (χ0) is 11.0. The fraction of sp³-hybridized carbons (Fsp3) is 0.800. The molecule has 0 rings (SSSR count). The molecule has 0 saturated carbocycles. The summed E-state index contributed by atoms with van der Waals surface area (Å²) in [6.07, 6.45) is 0.798. The van der Waals surface area contributed by atoms with E-state index in [9.17, 15) is 4.79 Å². The fourth-order valence-corrected chi connectivity index (χ4v) is 0.663. The second-order valence-corrected chi connectivity index (χ2v) is 3.35. The Hall–Kier alpha value is -1.06. The topological polar surface area (TPSA) is 47.9 Å². The summed E-state index contributed by atoms with van der Waals surface area (Å²) in [5, 5.41) is 3.71. The van der Waals surface area contributed by atoms with E-state index in [0.29, 0.717) is 6.61 Å². The molecule has 0 aliphatic rings. The quantitative estimate of drug-likeness (QED) is 0.286. The minimum atomic E-state index is -0.173. The molecule has 0 amide bonds. The van der Waals surface area contributed by atoms with Crippen LogP contribution in [0.25, 0.3) is 0 Å². The van der Waals surface area contributed by atoms with Gasteiger partial charge in [0.15, 0.2) is 6.61 Å². The maximum Gasteiger partial charge on any atom is 0.308 e. The van der Waals surface area contributed by atoms with Crippen LogP contribution in [0.1, 0.15) is 34.1 Å². The van der Waals surface area contributed by atoms with Gasteiger partial charge < -0.3 is 9.57 Å². The van der Waals surface area contributed by atoms with Crippen molar-refractivity contribution in [2.45, 2.75) is 34.1 Å². The predicted octanol–water partition coefficient (Wildman–Crippen LogP) is 1.99. The summed E-state index contributed by atoms with van der Waals surface area (Å²) in [6.45, 7) is 8.05. The van der Waals surface area contributed by atoms with Crippen molar-refractivity contribution >= 4 is 11.7 Å². The molecule has 4 nitrogen and oxygen atoms in total. The van der Waals surface area contributed by atoms with Crippen LogP contribution in [0.15, 0.2) is 5.16 Å². The van der Waals surface area contributed by atoms with Gasteiger partial charge in [0.2, 0.25) is 0 Å². The molecule has 0 spiro atoms. The highest BCUT2D eigenvalue weighted by atomic mass is 16.6. The highest BCUT2D eigenvalue weighted by Gasteiger charge is 2.10.